The van der Waals surface area contributed by atoms with Gasteiger partial charge < -0.3 is 0 Å². The summed E-state index contributed by atoms with van der Waals surface area (Å²) in [6.45, 7) is 0. The van der Waals surface area contributed by atoms with Gasteiger partial charge in [0.1, 0.15) is 3.39 Å². The molecule has 0 aliphatic heterocycles. The zero-order chi connectivity index (χ0) is 7.65. The van der Waals surface area contributed by atoms with Gasteiger partial charge in [0.25, 0.3) is 0 Å². The van der Waals surface area contributed by atoms with Gasteiger partial charge in [-0.2, -0.15) is 17.6 Å². The van der Waals surface area contributed by atoms with E-state index < -0.39 is 15.4 Å². The van der Waals surface area contributed by atoms with E-state index in [0.29, 0.717) is 0 Å². The topological polar surface area (TPSA) is 0 Å². The molecule has 0 nitrogen and oxygen atoms in total. The quantitative estimate of drug-likeness (QED) is 0.592. The van der Waals surface area contributed by atoms with Crippen LogP contribution in [-0.2, 0) is 0 Å². The SMILES string of the molecule is FC(=C(Br)Br)C(F)(F)F. The van der Waals surface area contributed by atoms with Gasteiger partial charge in [0, 0.05) is 0 Å². The molecule has 0 saturated heterocycles. The third-order valence-electron chi connectivity index (χ3n) is 0.415. The Hall–Kier alpha value is 0.420. The number of allylic oxidation sites excluding steroid dienone is 1. The summed E-state index contributed by atoms with van der Waals surface area (Å²) in [4.78, 5) is 0. The number of alkyl halides is 3. The van der Waals surface area contributed by atoms with Crippen LogP contribution in [-0.4, -0.2) is 6.18 Å². The summed E-state index contributed by atoms with van der Waals surface area (Å²) in [5.74, 6) is -2.16. The first-order valence-corrected chi connectivity index (χ1v) is 3.22. The fourth-order valence-corrected chi connectivity index (χ4v) is 0.557. The lowest BCUT2D eigenvalue weighted by molar-refractivity contribution is -0.108. The summed E-state index contributed by atoms with van der Waals surface area (Å²) >= 11 is 4.55. The van der Waals surface area contributed by atoms with Gasteiger partial charge in [-0.3, -0.25) is 0 Å². The van der Waals surface area contributed by atoms with Gasteiger partial charge in [0.15, 0.2) is 0 Å². The van der Waals surface area contributed by atoms with E-state index >= 15 is 0 Å². The van der Waals surface area contributed by atoms with Crippen molar-refractivity contribution in [3.63, 3.8) is 0 Å². The summed E-state index contributed by atoms with van der Waals surface area (Å²) in [7, 11) is 0. The number of hydrogen-bond acceptors (Lipinski definition) is 0. The van der Waals surface area contributed by atoms with Gasteiger partial charge in [-0.15, -0.1) is 0 Å². The zero-order valence-corrected chi connectivity index (χ0v) is 6.94. The normalized spacial score (nSPS) is 11.3. The highest BCUT2D eigenvalue weighted by Gasteiger charge is 2.36. The Morgan fingerprint density at radius 3 is 1.44 bits per heavy atom. The molecule has 0 atom stereocenters. The molecule has 0 aromatic heterocycles. The van der Waals surface area contributed by atoms with Crippen molar-refractivity contribution in [2.45, 2.75) is 6.18 Å². The molecule has 0 rings (SSSR count). The first-order chi connectivity index (χ1) is 3.85. The van der Waals surface area contributed by atoms with Crippen LogP contribution < -0.4 is 0 Å². The van der Waals surface area contributed by atoms with Crippen LogP contribution in [0.5, 0.6) is 0 Å². The molecule has 0 aliphatic rings. The van der Waals surface area contributed by atoms with Crippen molar-refractivity contribution in [2.24, 2.45) is 0 Å². The molecule has 0 aromatic carbocycles. The molecule has 0 saturated carbocycles. The van der Waals surface area contributed by atoms with Crippen LogP contribution in [0.25, 0.3) is 0 Å². The molecule has 0 radical (unpaired) electrons. The number of hydrogen-bond donors (Lipinski definition) is 0. The standard InChI is InChI=1S/C3Br2F4/c4-2(5)1(6)3(7,8)9. The van der Waals surface area contributed by atoms with Crippen molar-refractivity contribution in [1.82, 2.24) is 0 Å². The van der Waals surface area contributed by atoms with Crippen molar-refractivity contribution in [1.29, 1.82) is 0 Å². The van der Waals surface area contributed by atoms with Crippen molar-refractivity contribution in [2.75, 3.05) is 0 Å². The highest BCUT2D eigenvalue weighted by molar-refractivity contribution is 9.28. The van der Waals surface area contributed by atoms with Crippen LogP contribution >= 0.6 is 31.9 Å². The minimum absolute atomic E-state index is 0.720. The molecule has 9 heavy (non-hydrogen) atoms. The Bertz CT molecular complexity index is 131. The van der Waals surface area contributed by atoms with Gasteiger partial charge in [0.2, 0.25) is 5.83 Å². The third kappa shape index (κ3) is 3.20. The van der Waals surface area contributed by atoms with Crippen molar-refractivity contribution in [3.8, 4) is 0 Å². The molecule has 0 N–H and O–H groups in total. The number of halogens is 6. The van der Waals surface area contributed by atoms with Crippen LogP contribution in [0.3, 0.4) is 0 Å². The van der Waals surface area contributed by atoms with Crippen molar-refractivity contribution in [3.05, 3.63) is 9.22 Å². The van der Waals surface area contributed by atoms with Crippen LogP contribution in [0.1, 0.15) is 0 Å². The fraction of sp³-hybridized carbons (Fsp3) is 0.333. The molecule has 0 heterocycles. The Labute approximate surface area is 65.2 Å². The van der Waals surface area contributed by atoms with E-state index in [9.17, 15) is 17.6 Å². The molecule has 0 aliphatic carbocycles. The predicted molar refractivity (Wildman–Crippen MR) is 32.0 cm³/mol. The molecule has 0 spiro atoms. The second kappa shape index (κ2) is 3.01. The summed E-state index contributed by atoms with van der Waals surface area (Å²) in [5, 5.41) is 0. The van der Waals surface area contributed by atoms with Gasteiger partial charge >= 0.3 is 6.18 Å². The third-order valence-corrected chi connectivity index (χ3v) is 1.11. The molecule has 0 bridgehead atoms. The van der Waals surface area contributed by atoms with E-state index in [1.807, 2.05) is 0 Å². The van der Waals surface area contributed by atoms with E-state index in [1.54, 1.807) is 0 Å². The summed E-state index contributed by atoms with van der Waals surface area (Å²) < 4.78 is 44.6. The largest absolute Gasteiger partial charge is 0.444 e. The van der Waals surface area contributed by atoms with E-state index in [0.717, 1.165) is 0 Å². The van der Waals surface area contributed by atoms with E-state index in [2.05, 4.69) is 31.9 Å². The van der Waals surface area contributed by atoms with Gasteiger partial charge in [-0.25, -0.2) is 0 Å². The van der Waals surface area contributed by atoms with Crippen LogP contribution in [0.4, 0.5) is 17.6 Å². The minimum Gasteiger partial charge on any atom is -0.200 e. The van der Waals surface area contributed by atoms with E-state index in [4.69, 9.17) is 0 Å². The summed E-state index contributed by atoms with van der Waals surface area (Å²) in [5.41, 5.74) is 0. The maximum absolute atomic E-state index is 11.7. The average molecular weight is 272 g/mol. The zero-order valence-electron chi connectivity index (χ0n) is 3.77. The first-order valence-electron chi connectivity index (χ1n) is 1.63. The van der Waals surface area contributed by atoms with Gasteiger partial charge in [0.05, 0.1) is 0 Å². The molecule has 0 unspecified atom stereocenters. The van der Waals surface area contributed by atoms with Crippen LogP contribution in [0.15, 0.2) is 9.22 Å². The van der Waals surface area contributed by atoms with Crippen molar-refractivity contribution < 1.29 is 17.6 Å². The fourth-order valence-electron chi connectivity index (χ4n) is 0.107. The minimum atomic E-state index is -4.90. The lowest BCUT2D eigenvalue weighted by Gasteiger charge is -2.00. The Kier molecular flexibility index (Phi) is 3.15. The maximum Gasteiger partial charge on any atom is 0.444 e. The predicted octanol–water partition coefficient (Wildman–Crippen LogP) is 3.48. The molecule has 6 heteroatoms. The number of rotatable bonds is 0. The molecular weight excluding hydrogens is 272 g/mol. The smallest absolute Gasteiger partial charge is 0.200 e. The lowest BCUT2D eigenvalue weighted by atomic mass is 10.6. The lowest BCUT2D eigenvalue weighted by Crippen LogP contribution is -2.07. The highest BCUT2D eigenvalue weighted by atomic mass is 79.9. The average Bonchev–Trinajstić information content (AvgIpc) is 1.62. The van der Waals surface area contributed by atoms with Crippen LogP contribution in [0, 0.1) is 0 Å². The summed E-state index contributed by atoms with van der Waals surface area (Å²) in [6.07, 6.45) is -4.90. The second-order valence-corrected chi connectivity index (χ2v) is 3.72. The molecule has 0 amide bonds. The monoisotopic (exact) mass is 270 g/mol. The molecular formula is C3Br2F4. The Balaban J connectivity index is 4.40. The van der Waals surface area contributed by atoms with Gasteiger partial charge in [-0.1, -0.05) is 0 Å². The van der Waals surface area contributed by atoms with E-state index in [1.165, 1.54) is 0 Å². The van der Waals surface area contributed by atoms with Gasteiger partial charge in [-0.05, 0) is 31.9 Å². The molecule has 0 aromatic rings. The highest BCUT2D eigenvalue weighted by Crippen LogP contribution is 2.33. The van der Waals surface area contributed by atoms with Crippen LogP contribution in [0.2, 0.25) is 0 Å². The Morgan fingerprint density at radius 1 is 1.11 bits per heavy atom. The van der Waals surface area contributed by atoms with Crippen molar-refractivity contribution >= 4 is 31.9 Å². The molecule has 0 fully saturated rings. The Morgan fingerprint density at radius 2 is 1.44 bits per heavy atom. The summed E-state index contributed by atoms with van der Waals surface area (Å²) in [6, 6.07) is 0. The molecule has 54 valence electrons. The maximum atomic E-state index is 11.7. The van der Waals surface area contributed by atoms with E-state index in [-0.39, 0.29) is 0 Å². The second-order valence-electron chi connectivity index (χ2n) is 1.07. The first kappa shape index (κ1) is 9.42.